The van der Waals surface area contributed by atoms with Crippen LogP contribution in [0.3, 0.4) is 0 Å². The molecule has 1 aromatic heterocycles. The molecular weight excluding hydrogens is 327 g/mol. The molecule has 19 heavy (non-hydrogen) atoms. The minimum Gasteiger partial charge on any atom is -0.309 e. The number of nitrogens with one attached hydrogen (secondary N) is 1. The maximum absolute atomic E-state index is 13.9. The third-order valence-corrected chi connectivity index (χ3v) is 4.52. The standard InChI is InChI=1S/C14H16BrFN2S/c1-3-17-13(14-9(2)18-8-19-14)7-10-6-11(15)4-5-12(10)16/h4-6,8,13,17H,3,7H2,1-2H3. The van der Waals surface area contributed by atoms with Gasteiger partial charge < -0.3 is 5.32 Å². The van der Waals surface area contributed by atoms with E-state index in [1.54, 1.807) is 17.4 Å². The topological polar surface area (TPSA) is 24.9 Å². The maximum Gasteiger partial charge on any atom is 0.126 e. The van der Waals surface area contributed by atoms with Gasteiger partial charge in [0, 0.05) is 15.4 Å². The lowest BCUT2D eigenvalue weighted by molar-refractivity contribution is 0.531. The smallest absolute Gasteiger partial charge is 0.126 e. The molecule has 1 N–H and O–H groups in total. The minimum atomic E-state index is -0.159. The maximum atomic E-state index is 13.9. The molecule has 2 aromatic rings. The van der Waals surface area contributed by atoms with Gasteiger partial charge in [0.15, 0.2) is 0 Å². The lowest BCUT2D eigenvalue weighted by atomic mass is 10.0. The van der Waals surface area contributed by atoms with Crippen LogP contribution in [-0.2, 0) is 6.42 Å². The van der Waals surface area contributed by atoms with Crippen LogP contribution in [0.15, 0.2) is 28.2 Å². The zero-order valence-corrected chi connectivity index (χ0v) is 13.3. The van der Waals surface area contributed by atoms with E-state index < -0.39 is 0 Å². The molecule has 0 aliphatic carbocycles. The Bertz CT molecular complexity index is 556. The van der Waals surface area contributed by atoms with Crippen LogP contribution in [0.5, 0.6) is 0 Å². The van der Waals surface area contributed by atoms with E-state index in [1.807, 2.05) is 18.5 Å². The summed E-state index contributed by atoms with van der Waals surface area (Å²) in [5, 5.41) is 3.41. The molecule has 0 saturated heterocycles. The van der Waals surface area contributed by atoms with Crippen LogP contribution in [-0.4, -0.2) is 11.5 Å². The molecule has 0 fully saturated rings. The summed E-state index contributed by atoms with van der Waals surface area (Å²) < 4.78 is 14.8. The fourth-order valence-electron chi connectivity index (χ4n) is 2.07. The molecule has 1 heterocycles. The molecule has 0 saturated carbocycles. The Morgan fingerprint density at radius 1 is 1.47 bits per heavy atom. The molecule has 0 aliphatic rings. The van der Waals surface area contributed by atoms with E-state index in [4.69, 9.17) is 0 Å². The van der Waals surface area contributed by atoms with Gasteiger partial charge in [0.05, 0.1) is 11.2 Å². The van der Waals surface area contributed by atoms with Crippen molar-refractivity contribution in [1.82, 2.24) is 10.3 Å². The first kappa shape index (κ1) is 14.6. The summed E-state index contributed by atoms with van der Waals surface area (Å²) in [6, 6.07) is 5.18. The Kier molecular flexibility index (Phi) is 5.07. The van der Waals surface area contributed by atoms with E-state index in [9.17, 15) is 4.39 Å². The predicted octanol–water partition coefficient (Wildman–Crippen LogP) is 4.25. The van der Waals surface area contributed by atoms with Crippen LogP contribution in [0, 0.1) is 12.7 Å². The Hall–Kier alpha value is -0.780. The number of hydrogen-bond acceptors (Lipinski definition) is 3. The van der Waals surface area contributed by atoms with E-state index in [0.29, 0.717) is 12.0 Å². The quantitative estimate of drug-likeness (QED) is 0.878. The summed E-state index contributed by atoms with van der Waals surface area (Å²) in [5.74, 6) is -0.159. The van der Waals surface area contributed by atoms with Crippen LogP contribution in [0.2, 0.25) is 0 Å². The summed E-state index contributed by atoms with van der Waals surface area (Å²) >= 11 is 5.01. The zero-order valence-electron chi connectivity index (χ0n) is 10.9. The third kappa shape index (κ3) is 3.61. The van der Waals surface area contributed by atoms with Gasteiger partial charge >= 0.3 is 0 Å². The normalized spacial score (nSPS) is 12.6. The predicted molar refractivity (Wildman–Crippen MR) is 81.1 cm³/mol. The van der Waals surface area contributed by atoms with Gasteiger partial charge in [0.2, 0.25) is 0 Å². The summed E-state index contributed by atoms with van der Waals surface area (Å²) in [7, 11) is 0. The highest BCUT2D eigenvalue weighted by molar-refractivity contribution is 9.10. The number of nitrogens with zero attached hydrogens (tertiary/aromatic N) is 1. The molecule has 102 valence electrons. The largest absolute Gasteiger partial charge is 0.309 e. The first-order chi connectivity index (χ1) is 9.11. The molecule has 1 atom stereocenters. The summed E-state index contributed by atoms with van der Waals surface area (Å²) in [4.78, 5) is 5.46. The molecule has 0 aliphatic heterocycles. The Morgan fingerprint density at radius 3 is 2.89 bits per heavy atom. The zero-order chi connectivity index (χ0) is 13.8. The van der Waals surface area contributed by atoms with Crippen molar-refractivity contribution in [2.24, 2.45) is 0 Å². The van der Waals surface area contributed by atoms with Crippen LogP contribution in [0.4, 0.5) is 4.39 Å². The van der Waals surface area contributed by atoms with Gasteiger partial charge in [0.1, 0.15) is 5.82 Å². The SMILES string of the molecule is CCNC(Cc1cc(Br)ccc1F)c1scnc1C. The van der Waals surface area contributed by atoms with Gasteiger partial charge in [-0.2, -0.15) is 0 Å². The summed E-state index contributed by atoms with van der Waals surface area (Å²) in [6.45, 7) is 4.89. The average Bonchev–Trinajstić information content (AvgIpc) is 2.79. The number of aromatic nitrogens is 1. The van der Waals surface area contributed by atoms with Crippen molar-refractivity contribution in [2.45, 2.75) is 26.3 Å². The highest BCUT2D eigenvalue weighted by Gasteiger charge is 2.17. The van der Waals surface area contributed by atoms with Gasteiger partial charge in [-0.15, -0.1) is 11.3 Å². The first-order valence-corrected chi connectivity index (χ1v) is 7.86. The Morgan fingerprint density at radius 2 is 2.26 bits per heavy atom. The monoisotopic (exact) mass is 342 g/mol. The molecule has 2 nitrogen and oxygen atoms in total. The number of benzene rings is 1. The summed E-state index contributed by atoms with van der Waals surface area (Å²) in [5.41, 5.74) is 3.58. The Labute approximate surface area is 125 Å². The van der Waals surface area contributed by atoms with Gasteiger partial charge in [-0.3, -0.25) is 0 Å². The second kappa shape index (κ2) is 6.59. The van der Waals surface area contributed by atoms with Crippen molar-refractivity contribution in [3.8, 4) is 0 Å². The van der Waals surface area contributed by atoms with Crippen LogP contribution in [0.1, 0.15) is 29.1 Å². The van der Waals surface area contributed by atoms with Gasteiger partial charge in [-0.25, -0.2) is 9.37 Å². The highest BCUT2D eigenvalue weighted by Crippen LogP contribution is 2.27. The molecule has 1 unspecified atom stereocenters. The van der Waals surface area contributed by atoms with Crippen molar-refractivity contribution in [3.05, 3.63) is 50.1 Å². The molecule has 1 aromatic carbocycles. The second-order valence-electron chi connectivity index (χ2n) is 4.35. The average molecular weight is 343 g/mol. The molecule has 0 spiro atoms. The van der Waals surface area contributed by atoms with E-state index >= 15 is 0 Å². The number of halogens is 2. The van der Waals surface area contributed by atoms with Crippen molar-refractivity contribution in [3.63, 3.8) is 0 Å². The van der Waals surface area contributed by atoms with Gasteiger partial charge in [-0.05, 0) is 43.7 Å². The van der Waals surface area contributed by atoms with Crippen LogP contribution >= 0.6 is 27.3 Å². The fourth-order valence-corrected chi connectivity index (χ4v) is 3.36. The number of aryl methyl sites for hydroxylation is 1. The molecule has 5 heteroatoms. The van der Waals surface area contributed by atoms with Gasteiger partial charge in [0.25, 0.3) is 0 Å². The second-order valence-corrected chi connectivity index (χ2v) is 6.15. The van der Waals surface area contributed by atoms with Crippen molar-refractivity contribution < 1.29 is 4.39 Å². The van der Waals surface area contributed by atoms with Crippen molar-refractivity contribution >= 4 is 27.3 Å². The highest BCUT2D eigenvalue weighted by atomic mass is 79.9. The van der Waals surface area contributed by atoms with E-state index in [-0.39, 0.29) is 11.9 Å². The van der Waals surface area contributed by atoms with E-state index in [1.165, 1.54) is 10.9 Å². The molecule has 0 bridgehead atoms. The number of rotatable bonds is 5. The third-order valence-electron chi connectivity index (χ3n) is 2.98. The summed E-state index contributed by atoms with van der Waals surface area (Å²) in [6.07, 6.45) is 0.627. The van der Waals surface area contributed by atoms with Crippen LogP contribution in [0.25, 0.3) is 0 Å². The lowest BCUT2D eigenvalue weighted by Crippen LogP contribution is -2.23. The molecule has 0 amide bonds. The molecule has 2 rings (SSSR count). The first-order valence-electron chi connectivity index (χ1n) is 6.19. The van der Waals surface area contributed by atoms with Gasteiger partial charge in [-0.1, -0.05) is 22.9 Å². The molecular formula is C14H16BrFN2S. The van der Waals surface area contributed by atoms with E-state index in [2.05, 4.69) is 33.2 Å². The number of thiazole rings is 1. The Balaban J connectivity index is 2.26. The fraction of sp³-hybridized carbons (Fsp3) is 0.357. The lowest BCUT2D eigenvalue weighted by Gasteiger charge is -2.17. The number of hydrogen-bond donors (Lipinski definition) is 1. The number of likely N-dealkylation sites (N-methyl/N-ethyl adjacent to an activating group) is 1. The van der Waals surface area contributed by atoms with Crippen molar-refractivity contribution in [1.29, 1.82) is 0 Å². The van der Waals surface area contributed by atoms with Crippen molar-refractivity contribution in [2.75, 3.05) is 6.54 Å². The minimum absolute atomic E-state index is 0.112. The van der Waals surface area contributed by atoms with Crippen LogP contribution < -0.4 is 5.32 Å². The molecule has 0 radical (unpaired) electrons. The van der Waals surface area contributed by atoms with E-state index in [0.717, 1.165) is 16.7 Å².